The molecule has 2 N–H and O–H groups in total. The molecule has 0 fully saturated rings. The Labute approximate surface area is 225 Å². The van der Waals surface area contributed by atoms with Gasteiger partial charge in [0.2, 0.25) is 0 Å². The fourth-order valence-corrected chi connectivity index (χ4v) is 3.91. The lowest BCUT2D eigenvalue weighted by Crippen LogP contribution is -2.12. The van der Waals surface area contributed by atoms with E-state index in [1.54, 1.807) is 36.4 Å². The highest BCUT2D eigenvalue weighted by atomic mass is 35.5. The Hall–Kier alpha value is -4.80. The molecule has 4 rings (SSSR count). The van der Waals surface area contributed by atoms with E-state index in [1.165, 1.54) is 48.5 Å². The first-order chi connectivity index (χ1) is 18.1. The molecule has 0 heterocycles. The molecule has 0 spiro atoms. The largest absolute Gasteiger partial charge is 0.321 e. The molecule has 4 aromatic carbocycles. The minimum absolute atomic E-state index is 0.125. The molecule has 0 aromatic heterocycles. The quantitative estimate of drug-likeness (QED) is 0.187. The van der Waals surface area contributed by atoms with Crippen molar-refractivity contribution in [3.63, 3.8) is 0 Å². The molecule has 2 amide bonds. The predicted octanol–water partition coefficient (Wildman–Crippen LogP) is 6.98. The van der Waals surface area contributed by atoms with Crippen molar-refractivity contribution >= 4 is 57.8 Å². The van der Waals surface area contributed by atoms with E-state index in [4.69, 9.17) is 23.2 Å². The zero-order valence-electron chi connectivity index (χ0n) is 19.2. The standard InChI is InChI=1S/C26H16Cl2N4O6/c27-21-13-17(5-11-23(21)29-25(33)15-1-7-19(8-2-15)31(35)36)18-6-12-24(22(28)14-18)30-26(34)16-3-9-20(10-4-16)32(37)38/h1-14H,(H,29,33)(H,30,34). The molecule has 0 unspecified atom stereocenters. The summed E-state index contributed by atoms with van der Waals surface area (Å²) in [6.07, 6.45) is 0. The van der Waals surface area contributed by atoms with E-state index < -0.39 is 21.7 Å². The van der Waals surface area contributed by atoms with Gasteiger partial charge in [-0.1, -0.05) is 35.3 Å². The van der Waals surface area contributed by atoms with E-state index in [0.29, 0.717) is 22.5 Å². The molecule has 0 aliphatic rings. The maximum absolute atomic E-state index is 12.5. The van der Waals surface area contributed by atoms with Crippen molar-refractivity contribution in [3.05, 3.63) is 126 Å². The minimum Gasteiger partial charge on any atom is -0.321 e. The molecule has 0 saturated heterocycles. The first kappa shape index (κ1) is 26.3. The van der Waals surface area contributed by atoms with Crippen LogP contribution in [0.4, 0.5) is 22.7 Å². The Bertz CT molecular complexity index is 1460. The number of amides is 2. The number of nitro benzene ring substituents is 2. The van der Waals surface area contributed by atoms with Gasteiger partial charge in [-0.2, -0.15) is 0 Å². The molecule has 12 heteroatoms. The number of carbonyl (C=O) groups is 2. The number of benzene rings is 4. The van der Waals surface area contributed by atoms with Gasteiger partial charge in [0.15, 0.2) is 0 Å². The van der Waals surface area contributed by atoms with Crippen molar-refractivity contribution in [2.45, 2.75) is 0 Å². The highest BCUT2D eigenvalue weighted by Crippen LogP contribution is 2.33. The van der Waals surface area contributed by atoms with Gasteiger partial charge >= 0.3 is 0 Å². The van der Waals surface area contributed by atoms with Crippen LogP contribution in [0.3, 0.4) is 0 Å². The Morgan fingerprint density at radius 1 is 0.579 bits per heavy atom. The zero-order valence-corrected chi connectivity index (χ0v) is 20.7. The molecule has 4 aromatic rings. The van der Waals surface area contributed by atoms with E-state index in [-0.39, 0.29) is 32.5 Å². The van der Waals surface area contributed by atoms with E-state index in [2.05, 4.69) is 10.6 Å². The number of carbonyl (C=O) groups excluding carboxylic acids is 2. The van der Waals surface area contributed by atoms with Crippen LogP contribution in [0.5, 0.6) is 0 Å². The lowest BCUT2D eigenvalue weighted by molar-refractivity contribution is -0.385. The number of rotatable bonds is 7. The number of anilines is 2. The summed E-state index contributed by atoms with van der Waals surface area (Å²) in [5.41, 5.74) is 2.28. The Morgan fingerprint density at radius 3 is 1.21 bits per heavy atom. The highest BCUT2D eigenvalue weighted by Gasteiger charge is 2.14. The van der Waals surface area contributed by atoms with Crippen LogP contribution >= 0.6 is 23.2 Å². The second kappa shape index (κ2) is 11.1. The van der Waals surface area contributed by atoms with Crippen LogP contribution in [-0.4, -0.2) is 21.7 Å². The topological polar surface area (TPSA) is 144 Å². The summed E-state index contributed by atoms with van der Waals surface area (Å²) < 4.78 is 0. The summed E-state index contributed by atoms with van der Waals surface area (Å²) in [5.74, 6) is -0.962. The van der Waals surface area contributed by atoms with Gasteiger partial charge in [-0.25, -0.2) is 0 Å². The third kappa shape index (κ3) is 5.94. The molecule has 0 aliphatic heterocycles. The average Bonchev–Trinajstić information content (AvgIpc) is 2.91. The molecule has 0 bridgehead atoms. The molecule has 38 heavy (non-hydrogen) atoms. The van der Waals surface area contributed by atoms with Crippen LogP contribution in [-0.2, 0) is 0 Å². The van der Waals surface area contributed by atoms with Crippen molar-refractivity contribution in [2.75, 3.05) is 10.6 Å². The lowest BCUT2D eigenvalue weighted by Gasteiger charge is -2.12. The summed E-state index contributed by atoms with van der Waals surface area (Å²) in [4.78, 5) is 45.5. The van der Waals surface area contributed by atoms with Gasteiger partial charge in [0.25, 0.3) is 23.2 Å². The lowest BCUT2D eigenvalue weighted by atomic mass is 10.0. The normalized spacial score (nSPS) is 10.5. The third-order valence-electron chi connectivity index (χ3n) is 5.45. The smallest absolute Gasteiger partial charge is 0.269 e. The van der Waals surface area contributed by atoms with Gasteiger partial charge in [-0.05, 0) is 59.7 Å². The van der Waals surface area contributed by atoms with E-state index >= 15 is 0 Å². The van der Waals surface area contributed by atoms with Crippen molar-refractivity contribution in [2.24, 2.45) is 0 Å². The molecule has 0 radical (unpaired) electrons. The fourth-order valence-electron chi connectivity index (χ4n) is 3.45. The molecular weight excluding hydrogens is 535 g/mol. The molecule has 0 atom stereocenters. The number of nitrogens with one attached hydrogen (secondary N) is 2. The summed E-state index contributed by atoms with van der Waals surface area (Å²) in [7, 11) is 0. The maximum Gasteiger partial charge on any atom is 0.269 e. The van der Waals surface area contributed by atoms with Crippen molar-refractivity contribution in [3.8, 4) is 11.1 Å². The van der Waals surface area contributed by atoms with Crippen LogP contribution in [0, 0.1) is 20.2 Å². The SMILES string of the molecule is O=C(Nc1ccc(-c2ccc(NC(=O)c3ccc([N+](=O)[O-])cc3)c(Cl)c2)cc1Cl)c1ccc([N+](=O)[O-])cc1. The monoisotopic (exact) mass is 550 g/mol. The first-order valence-corrected chi connectivity index (χ1v) is 11.6. The summed E-state index contributed by atoms with van der Waals surface area (Å²) >= 11 is 12.8. The Morgan fingerprint density at radius 2 is 0.921 bits per heavy atom. The molecule has 0 aliphatic carbocycles. The predicted molar refractivity (Wildman–Crippen MR) is 144 cm³/mol. The number of hydrogen-bond acceptors (Lipinski definition) is 6. The van der Waals surface area contributed by atoms with E-state index in [0.717, 1.165) is 0 Å². The second-order valence-corrected chi connectivity index (χ2v) is 8.72. The molecule has 190 valence electrons. The molecule has 0 saturated carbocycles. The van der Waals surface area contributed by atoms with Crippen molar-refractivity contribution in [1.82, 2.24) is 0 Å². The number of non-ortho nitro benzene ring substituents is 2. The Balaban J connectivity index is 1.46. The van der Waals surface area contributed by atoms with Crippen LogP contribution in [0.1, 0.15) is 20.7 Å². The number of halogens is 2. The van der Waals surface area contributed by atoms with Crippen LogP contribution in [0.25, 0.3) is 11.1 Å². The Kier molecular flexibility index (Phi) is 7.66. The number of nitro groups is 2. The summed E-state index contributed by atoms with van der Waals surface area (Å²) in [6, 6.07) is 20.3. The van der Waals surface area contributed by atoms with Gasteiger partial charge < -0.3 is 10.6 Å². The highest BCUT2D eigenvalue weighted by molar-refractivity contribution is 6.35. The van der Waals surface area contributed by atoms with Gasteiger partial charge in [-0.15, -0.1) is 0 Å². The zero-order chi connectivity index (χ0) is 27.4. The van der Waals surface area contributed by atoms with Gasteiger partial charge in [0.05, 0.1) is 31.3 Å². The van der Waals surface area contributed by atoms with Gasteiger partial charge in [0.1, 0.15) is 0 Å². The van der Waals surface area contributed by atoms with Crippen LogP contribution in [0.2, 0.25) is 10.0 Å². The van der Waals surface area contributed by atoms with E-state index in [9.17, 15) is 29.8 Å². The van der Waals surface area contributed by atoms with Crippen LogP contribution < -0.4 is 10.6 Å². The number of hydrogen-bond donors (Lipinski definition) is 2. The fraction of sp³-hybridized carbons (Fsp3) is 0. The summed E-state index contributed by atoms with van der Waals surface area (Å²) in [5, 5.41) is 27.4. The molecular formula is C26H16Cl2N4O6. The minimum atomic E-state index is -0.553. The summed E-state index contributed by atoms with van der Waals surface area (Å²) in [6.45, 7) is 0. The third-order valence-corrected chi connectivity index (χ3v) is 6.07. The first-order valence-electron chi connectivity index (χ1n) is 10.8. The number of nitrogens with zero attached hydrogens (tertiary/aromatic N) is 2. The van der Waals surface area contributed by atoms with E-state index in [1.807, 2.05) is 0 Å². The van der Waals surface area contributed by atoms with Crippen molar-refractivity contribution < 1.29 is 19.4 Å². The molecule has 10 nitrogen and oxygen atoms in total. The second-order valence-electron chi connectivity index (χ2n) is 7.91. The van der Waals surface area contributed by atoms with Crippen molar-refractivity contribution in [1.29, 1.82) is 0 Å². The average molecular weight is 551 g/mol. The van der Waals surface area contributed by atoms with Gasteiger partial charge in [-0.3, -0.25) is 29.8 Å². The van der Waals surface area contributed by atoms with Gasteiger partial charge in [0, 0.05) is 35.4 Å². The maximum atomic E-state index is 12.5. The van der Waals surface area contributed by atoms with Crippen LogP contribution in [0.15, 0.2) is 84.9 Å².